The Morgan fingerprint density at radius 3 is 1.61 bits per heavy atom. The molecule has 0 spiro atoms. The molecule has 2 aliphatic heterocycles. The van der Waals surface area contributed by atoms with E-state index < -0.39 is 47.8 Å². The zero-order valence-electron chi connectivity index (χ0n) is 40.7. The van der Waals surface area contributed by atoms with Crippen molar-refractivity contribution in [2.45, 2.75) is 75.8 Å². The van der Waals surface area contributed by atoms with Gasteiger partial charge in [-0.25, -0.2) is 8.78 Å². The highest BCUT2D eigenvalue weighted by atomic mass is 127. The lowest BCUT2D eigenvalue weighted by atomic mass is 9.99. The number of hydrogen-bond donors (Lipinski definition) is 4. The van der Waals surface area contributed by atoms with Crippen LogP contribution < -0.4 is 26.6 Å². The number of halogens is 7. The number of aromatic nitrogens is 4. The Kier molecular flexibility index (Phi) is 17.8. The molecule has 0 aliphatic carbocycles. The first-order valence-corrected chi connectivity index (χ1v) is 24.6. The van der Waals surface area contributed by atoms with Crippen molar-refractivity contribution >= 4 is 73.7 Å². The number of rotatable bonds is 11. The van der Waals surface area contributed by atoms with Crippen LogP contribution in [0.25, 0.3) is 21.8 Å². The van der Waals surface area contributed by atoms with Crippen molar-refractivity contribution in [2.24, 2.45) is 5.73 Å². The molecule has 0 radical (unpaired) electrons. The number of alkyl halides is 4. The molecule has 75 heavy (non-hydrogen) atoms. The topological polar surface area (TPSA) is 169 Å². The lowest BCUT2D eigenvalue weighted by Crippen LogP contribution is -2.46. The molecule has 2 fully saturated rings. The summed E-state index contributed by atoms with van der Waals surface area (Å²) in [5.41, 5.74) is 10.4. The van der Waals surface area contributed by atoms with E-state index in [9.17, 15) is 45.5 Å². The van der Waals surface area contributed by atoms with E-state index >= 15 is 0 Å². The maximum atomic E-state index is 13.6. The molecule has 2 aromatic heterocycles. The minimum Gasteiger partial charge on any atom is -0.347 e. The number of nitrogens with zero attached hydrogens (tertiary/aromatic N) is 5. The molecule has 0 bridgehead atoms. The number of carbonyl (C=O) groups excluding carboxylic acids is 4. The Labute approximate surface area is 441 Å². The smallest absolute Gasteiger partial charge is 0.321 e. The molecule has 5 N–H and O–H groups in total. The third-order valence-electron chi connectivity index (χ3n) is 12.2. The molecule has 8 aromatic rings. The SMILES string of the molecule is CC(F)(F)C(=O)N[C@H]1CC(=O)N(c2ccc3c(cnn3Cc3ccc(F)cc3)c2)[C@@H]1c1ccccc1.CC(F)(F)C(=O)N[C@H]1CC(=O)N[C@@H]1c1ccccc1.CN.Fc1ccc(Cn2ncc3cc(I)ccc32)cc1. The van der Waals surface area contributed by atoms with E-state index in [0.717, 1.165) is 44.1 Å². The Bertz CT molecular complexity index is 3240. The first kappa shape index (κ1) is 55.2. The molecule has 10 rings (SSSR count). The molecule has 0 saturated carbocycles. The predicted molar refractivity (Wildman–Crippen MR) is 282 cm³/mol. The summed E-state index contributed by atoms with van der Waals surface area (Å²) in [5.74, 6) is -10.9. The van der Waals surface area contributed by atoms with Crippen molar-refractivity contribution in [1.29, 1.82) is 0 Å². The minimum atomic E-state index is -3.56. The van der Waals surface area contributed by atoms with Gasteiger partial charge < -0.3 is 26.6 Å². The van der Waals surface area contributed by atoms with Gasteiger partial charge in [-0.3, -0.25) is 28.5 Å². The Hall–Kier alpha value is -7.59. The Balaban J connectivity index is 0.000000177. The highest BCUT2D eigenvalue weighted by Crippen LogP contribution is 2.39. The van der Waals surface area contributed by atoms with Gasteiger partial charge in [-0.1, -0.05) is 84.9 Å². The van der Waals surface area contributed by atoms with E-state index in [2.05, 4.69) is 72.7 Å². The second-order valence-corrected chi connectivity index (χ2v) is 19.0. The molecule has 390 valence electrons. The molecular formula is C55H52F6IN9O4. The Morgan fingerprint density at radius 1 is 0.640 bits per heavy atom. The molecular weight excluding hydrogens is 1090 g/mol. The fourth-order valence-electron chi connectivity index (χ4n) is 8.61. The van der Waals surface area contributed by atoms with Crippen molar-refractivity contribution in [3.05, 3.63) is 195 Å². The van der Waals surface area contributed by atoms with Crippen LogP contribution in [0.5, 0.6) is 0 Å². The second-order valence-electron chi connectivity index (χ2n) is 17.7. The van der Waals surface area contributed by atoms with Crippen molar-refractivity contribution < 1.29 is 45.5 Å². The van der Waals surface area contributed by atoms with Crippen molar-refractivity contribution in [3.8, 4) is 0 Å². The van der Waals surface area contributed by atoms with Gasteiger partial charge in [-0.2, -0.15) is 27.8 Å². The number of carbonyl (C=O) groups is 4. The van der Waals surface area contributed by atoms with Gasteiger partial charge in [-0.05, 0) is 113 Å². The summed E-state index contributed by atoms with van der Waals surface area (Å²) < 4.78 is 84.0. The molecule has 4 heterocycles. The van der Waals surface area contributed by atoms with Gasteiger partial charge in [0.2, 0.25) is 11.8 Å². The molecule has 6 aromatic carbocycles. The zero-order valence-corrected chi connectivity index (χ0v) is 42.9. The van der Waals surface area contributed by atoms with Crippen LogP contribution in [0.15, 0.2) is 158 Å². The molecule has 2 saturated heterocycles. The largest absolute Gasteiger partial charge is 0.347 e. The van der Waals surface area contributed by atoms with Crippen molar-refractivity contribution in [1.82, 2.24) is 35.5 Å². The van der Waals surface area contributed by atoms with Crippen LogP contribution >= 0.6 is 22.6 Å². The minimum absolute atomic E-state index is 0.00137. The van der Waals surface area contributed by atoms with Crippen molar-refractivity contribution in [3.63, 3.8) is 0 Å². The molecule has 13 nitrogen and oxygen atoms in total. The third-order valence-corrected chi connectivity index (χ3v) is 12.8. The average Bonchev–Trinajstić information content (AvgIpc) is 4.18. The summed E-state index contributed by atoms with van der Waals surface area (Å²) in [4.78, 5) is 49.5. The highest BCUT2D eigenvalue weighted by Gasteiger charge is 2.45. The first-order valence-electron chi connectivity index (χ1n) is 23.5. The number of nitrogens with one attached hydrogen (secondary N) is 3. The van der Waals surface area contributed by atoms with E-state index in [1.54, 1.807) is 94.6 Å². The van der Waals surface area contributed by atoms with Gasteiger partial charge in [0.25, 0.3) is 11.8 Å². The van der Waals surface area contributed by atoms with Crippen molar-refractivity contribution in [2.75, 3.05) is 11.9 Å². The van der Waals surface area contributed by atoms with Crippen LogP contribution in [0.2, 0.25) is 0 Å². The number of fused-ring (bicyclic) bond motifs is 2. The van der Waals surface area contributed by atoms with E-state index in [-0.39, 0.29) is 36.3 Å². The lowest BCUT2D eigenvalue weighted by molar-refractivity contribution is -0.144. The maximum absolute atomic E-state index is 13.6. The van der Waals surface area contributed by atoms with Gasteiger partial charge in [-0.15, -0.1) is 0 Å². The molecule has 0 unspecified atom stereocenters. The molecule has 4 amide bonds. The first-order chi connectivity index (χ1) is 35.8. The lowest BCUT2D eigenvalue weighted by Gasteiger charge is -2.29. The summed E-state index contributed by atoms with van der Waals surface area (Å²) in [6.07, 6.45) is 3.43. The van der Waals surface area contributed by atoms with E-state index in [1.807, 2.05) is 35.1 Å². The van der Waals surface area contributed by atoms with Crippen LogP contribution in [0.1, 0.15) is 61.0 Å². The average molecular weight is 1140 g/mol. The number of anilines is 1. The van der Waals surface area contributed by atoms with Crippen LogP contribution in [-0.2, 0) is 32.3 Å². The van der Waals surface area contributed by atoms with Gasteiger partial charge in [0.15, 0.2) is 0 Å². The van der Waals surface area contributed by atoms with E-state index in [0.29, 0.717) is 32.6 Å². The summed E-state index contributed by atoms with van der Waals surface area (Å²) in [7, 11) is 1.50. The van der Waals surface area contributed by atoms with Crippen LogP contribution in [0.3, 0.4) is 0 Å². The van der Waals surface area contributed by atoms with Crippen LogP contribution in [0.4, 0.5) is 32.0 Å². The third kappa shape index (κ3) is 14.0. The molecule has 2 aliphatic rings. The Morgan fingerprint density at radius 2 is 1.11 bits per heavy atom. The van der Waals surface area contributed by atoms with Gasteiger partial charge >= 0.3 is 11.8 Å². The second kappa shape index (κ2) is 24.2. The number of benzene rings is 6. The van der Waals surface area contributed by atoms with Crippen LogP contribution in [-0.4, -0.2) is 74.2 Å². The fourth-order valence-corrected chi connectivity index (χ4v) is 9.13. The quantitative estimate of drug-likeness (QED) is 0.0739. The van der Waals surface area contributed by atoms with Crippen LogP contribution in [0, 0.1) is 15.2 Å². The van der Waals surface area contributed by atoms with Gasteiger partial charge in [0, 0.05) is 46.7 Å². The van der Waals surface area contributed by atoms with E-state index in [4.69, 9.17) is 0 Å². The number of nitrogens with two attached hydrogens (primary N) is 1. The predicted octanol–water partition coefficient (Wildman–Crippen LogP) is 9.63. The van der Waals surface area contributed by atoms with E-state index in [1.165, 1.54) is 34.9 Å². The highest BCUT2D eigenvalue weighted by molar-refractivity contribution is 14.1. The fraction of sp³-hybridized carbons (Fsp3) is 0.236. The normalized spacial score (nSPS) is 17.2. The summed E-state index contributed by atoms with van der Waals surface area (Å²) in [6, 6.07) is 39.7. The molecule has 20 heteroatoms. The summed E-state index contributed by atoms with van der Waals surface area (Å²) in [5, 5.41) is 18.0. The maximum Gasteiger partial charge on any atom is 0.321 e. The number of hydrogen-bond acceptors (Lipinski definition) is 7. The monoisotopic (exact) mass is 1140 g/mol. The van der Waals surface area contributed by atoms with Gasteiger partial charge in [0.1, 0.15) is 11.6 Å². The number of amides is 4. The van der Waals surface area contributed by atoms with Gasteiger partial charge in [0.05, 0.1) is 60.7 Å². The summed E-state index contributed by atoms with van der Waals surface area (Å²) >= 11 is 2.29. The molecule has 4 atom stereocenters. The zero-order chi connectivity index (χ0) is 54.0. The summed E-state index contributed by atoms with van der Waals surface area (Å²) in [6.45, 7) is 2.16. The standard InChI is InChI=1S/C27H23F3N4O2.C14H10FIN2.C13H14F2N2O2.CH5N/c1-27(29,30)26(36)32-22-14-24(35)34(25(22)18-5-3-2-4-6-18)21-11-12-23-19(13-21)15-31-33(23)16-17-7-9-20(28)10-8-17;15-12-3-1-10(2-4-12)9-18-14-6-5-13(16)7-11(14)8-17-18;1-13(14,15)12(19)16-9-7-10(18)17-11(9)8-5-3-2-4-6-8;1-2/h2-13,15,22,25H,14,16H2,1H3,(H,32,36);1-8H,9H2;2-6,9,11H,7H2,1H3,(H,16,19)(H,17,18);2H2,1H3/t22-,25+;;9-,11+;/m0.0./s1.